The fraction of sp³-hybridized carbons (Fsp3) is 0.435. The highest BCUT2D eigenvalue weighted by Gasteiger charge is 2.26. The Balaban J connectivity index is 1.52. The number of H-pyrrole nitrogens is 1. The van der Waals surface area contributed by atoms with Gasteiger partial charge in [0.25, 0.3) is 11.5 Å². The van der Waals surface area contributed by atoms with E-state index in [2.05, 4.69) is 27.6 Å². The summed E-state index contributed by atoms with van der Waals surface area (Å²) in [6.45, 7) is 4.53. The van der Waals surface area contributed by atoms with Crippen LogP contribution < -0.4 is 21.9 Å². The lowest BCUT2D eigenvalue weighted by atomic mass is 9.95. The first kappa shape index (κ1) is 23.7. The SMILES string of the molecule is CCCn1cc(CNC(=O)c2c(NC(=O)Cn3cc(C)c(=O)[nH]c3=O)sc3c2CCCC3)cn1. The quantitative estimate of drug-likeness (QED) is 0.450. The fourth-order valence-electron chi connectivity index (χ4n) is 4.07. The van der Waals surface area contributed by atoms with E-state index in [4.69, 9.17) is 0 Å². The molecule has 0 unspecified atom stereocenters. The zero-order valence-electron chi connectivity index (χ0n) is 19.3. The smallest absolute Gasteiger partial charge is 0.328 e. The van der Waals surface area contributed by atoms with Crippen molar-refractivity contribution in [3.8, 4) is 0 Å². The van der Waals surface area contributed by atoms with Crippen molar-refractivity contribution < 1.29 is 9.59 Å². The molecule has 3 heterocycles. The minimum atomic E-state index is -0.655. The van der Waals surface area contributed by atoms with Gasteiger partial charge in [-0.05, 0) is 44.6 Å². The molecule has 3 aromatic heterocycles. The number of nitrogens with one attached hydrogen (secondary N) is 3. The second-order valence-corrected chi connectivity index (χ2v) is 9.56. The molecule has 2 amide bonds. The van der Waals surface area contributed by atoms with Gasteiger partial charge in [-0.1, -0.05) is 6.92 Å². The van der Waals surface area contributed by atoms with Crippen molar-refractivity contribution in [2.24, 2.45) is 0 Å². The van der Waals surface area contributed by atoms with Crippen LogP contribution in [-0.2, 0) is 37.3 Å². The molecule has 0 radical (unpaired) electrons. The summed E-state index contributed by atoms with van der Waals surface area (Å²) in [6, 6.07) is 0. The lowest BCUT2D eigenvalue weighted by Gasteiger charge is -2.13. The molecule has 1 aliphatic rings. The molecular weight excluding hydrogens is 456 g/mol. The molecule has 34 heavy (non-hydrogen) atoms. The zero-order chi connectivity index (χ0) is 24.2. The first-order valence-electron chi connectivity index (χ1n) is 11.4. The Hall–Kier alpha value is -3.47. The molecular formula is C23H28N6O4S. The summed E-state index contributed by atoms with van der Waals surface area (Å²) in [5.41, 5.74) is 1.59. The number of amides is 2. The third kappa shape index (κ3) is 5.19. The van der Waals surface area contributed by atoms with Crippen molar-refractivity contribution in [1.29, 1.82) is 0 Å². The highest BCUT2D eigenvalue weighted by Crippen LogP contribution is 2.38. The van der Waals surface area contributed by atoms with E-state index in [9.17, 15) is 19.2 Å². The minimum Gasteiger partial charge on any atom is -0.348 e. The molecule has 0 aliphatic heterocycles. The molecule has 0 bridgehead atoms. The van der Waals surface area contributed by atoms with Gasteiger partial charge in [0, 0.05) is 41.5 Å². The highest BCUT2D eigenvalue weighted by molar-refractivity contribution is 7.17. The molecule has 0 aromatic carbocycles. The number of rotatable bonds is 8. The first-order chi connectivity index (χ1) is 16.4. The van der Waals surface area contributed by atoms with Crippen LogP contribution in [0.2, 0.25) is 0 Å². The molecule has 0 saturated heterocycles. The molecule has 10 nitrogen and oxygen atoms in total. The number of carbonyl (C=O) groups excluding carboxylic acids is 2. The van der Waals surface area contributed by atoms with Crippen LogP contribution in [0, 0.1) is 6.92 Å². The molecule has 0 saturated carbocycles. The molecule has 0 fully saturated rings. The summed E-state index contributed by atoms with van der Waals surface area (Å²) in [7, 11) is 0. The van der Waals surface area contributed by atoms with Gasteiger partial charge >= 0.3 is 5.69 Å². The van der Waals surface area contributed by atoms with E-state index in [-0.39, 0.29) is 12.5 Å². The highest BCUT2D eigenvalue weighted by atomic mass is 32.1. The van der Waals surface area contributed by atoms with Gasteiger partial charge in [-0.2, -0.15) is 5.10 Å². The molecule has 0 spiro atoms. The van der Waals surface area contributed by atoms with Crippen LogP contribution in [0.4, 0.5) is 5.00 Å². The third-order valence-electron chi connectivity index (χ3n) is 5.75. The minimum absolute atomic E-state index is 0.241. The molecule has 0 atom stereocenters. The van der Waals surface area contributed by atoms with Crippen molar-refractivity contribution in [2.75, 3.05) is 5.32 Å². The standard InChI is InChI=1S/C23H28N6O4S/c1-3-8-29-12-15(10-25-29)9-24-21(32)19-16-6-4-5-7-17(16)34-22(19)26-18(30)13-28-11-14(2)20(31)27-23(28)33/h10-12H,3-9,13H2,1-2H3,(H,24,32)(H,26,30)(H,27,31,33). The van der Waals surface area contributed by atoms with Crippen molar-refractivity contribution in [3.63, 3.8) is 0 Å². The molecule has 1 aliphatic carbocycles. The van der Waals surface area contributed by atoms with E-state index in [0.717, 1.165) is 59.2 Å². The fourth-order valence-corrected chi connectivity index (χ4v) is 5.37. The number of nitrogens with zero attached hydrogens (tertiary/aromatic N) is 3. The number of thiophene rings is 1. The van der Waals surface area contributed by atoms with Crippen LogP contribution in [-0.4, -0.2) is 31.1 Å². The van der Waals surface area contributed by atoms with E-state index < -0.39 is 17.2 Å². The summed E-state index contributed by atoms with van der Waals surface area (Å²) < 4.78 is 2.99. The predicted molar refractivity (Wildman–Crippen MR) is 129 cm³/mol. The van der Waals surface area contributed by atoms with Crippen LogP contribution in [0.3, 0.4) is 0 Å². The molecule has 180 valence electrons. The summed E-state index contributed by atoms with van der Waals surface area (Å²) in [4.78, 5) is 52.9. The van der Waals surface area contributed by atoms with Crippen molar-refractivity contribution in [3.05, 3.63) is 66.6 Å². The van der Waals surface area contributed by atoms with Gasteiger partial charge in [0.1, 0.15) is 11.5 Å². The van der Waals surface area contributed by atoms with Gasteiger partial charge in [-0.15, -0.1) is 11.3 Å². The van der Waals surface area contributed by atoms with Crippen LogP contribution in [0.15, 0.2) is 28.2 Å². The summed E-state index contributed by atoms with van der Waals surface area (Å²) in [5, 5.41) is 10.6. The lowest BCUT2D eigenvalue weighted by Crippen LogP contribution is -2.34. The van der Waals surface area contributed by atoms with Crippen molar-refractivity contribution in [1.82, 2.24) is 24.6 Å². The predicted octanol–water partition coefficient (Wildman–Crippen LogP) is 1.96. The van der Waals surface area contributed by atoms with Crippen LogP contribution in [0.25, 0.3) is 0 Å². The van der Waals surface area contributed by atoms with E-state index in [1.54, 1.807) is 13.1 Å². The first-order valence-corrected chi connectivity index (χ1v) is 12.2. The molecule has 11 heteroatoms. The second-order valence-electron chi connectivity index (χ2n) is 8.46. The van der Waals surface area contributed by atoms with Gasteiger partial charge < -0.3 is 10.6 Å². The van der Waals surface area contributed by atoms with Gasteiger partial charge in [-0.3, -0.25) is 28.6 Å². The zero-order valence-corrected chi connectivity index (χ0v) is 20.1. The van der Waals surface area contributed by atoms with E-state index in [1.165, 1.54) is 17.5 Å². The monoisotopic (exact) mass is 484 g/mol. The maximum absolute atomic E-state index is 13.2. The Labute approximate surface area is 200 Å². The number of carbonyl (C=O) groups is 2. The Kier molecular flexibility index (Phi) is 7.11. The van der Waals surface area contributed by atoms with Crippen molar-refractivity contribution >= 4 is 28.2 Å². The summed E-state index contributed by atoms with van der Waals surface area (Å²) in [6.07, 6.45) is 9.69. The molecule has 3 aromatic rings. The van der Waals surface area contributed by atoms with Gasteiger partial charge in [0.05, 0.1) is 11.8 Å². The normalized spacial score (nSPS) is 12.9. The molecule has 4 rings (SSSR count). The third-order valence-corrected chi connectivity index (χ3v) is 6.95. The van der Waals surface area contributed by atoms with Gasteiger partial charge in [-0.25, -0.2) is 4.79 Å². The number of fused-ring (bicyclic) bond motifs is 1. The largest absolute Gasteiger partial charge is 0.348 e. The van der Waals surface area contributed by atoms with E-state index in [0.29, 0.717) is 22.7 Å². The molecule has 3 N–H and O–H groups in total. The number of hydrogen-bond acceptors (Lipinski definition) is 6. The maximum Gasteiger partial charge on any atom is 0.328 e. The number of aromatic nitrogens is 4. The number of anilines is 1. The van der Waals surface area contributed by atoms with Gasteiger partial charge in [0.2, 0.25) is 5.91 Å². The average molecular weight is 485 g/mol. The Bertz CT molecular complexity index is 1330. The van der Waals surface area contributed by atoms with Crippen LogP contribution >= 0.6 is 11.3 Å². The van der Waals surface area contributed by atoms with E-state index >= 15 is 0 Å². The topological polar surface area (TPSA) is 131 Å². The lowest BCUT2D eigenvalue weighted by molar-refractivity contribution is -0.116. The average Bonchev–Trinajstić information content (AvgIpc) is 3.40. The Morgan fingerprint density at radius 1 is 1.21 bits per heavy atom. The Morgan fingerprint density at radius 2 is 2.00 bits per heavy atom. The summed E-state index contributed by atoms with van der Waals surface area (Å²) in [5.74, 6) is -0.683. The van der Waals surface area contributed by atoms with E-state index in [1.807, 2.05) is 10.9 Å². The second kappa shape index (κ2) is 10.2. The Morgan fingerprint density at radius 3 is 2.79 bits per heavy atom. The van der Waals surface area contributed by atoms with Crippen LogP contribution in [0.5, 0.6) is 0 Å². The summed E-state index contributed by atoms with van der Waals surface area (Å²) >= 11 is 1.42. The van der Waals surface area contributed by atoms with Gasteiger partial charge in [0.15, 0.2) is 0 Å². The number of hydrogen-bond donors (Lipinski definition) is 3. The number of aryl methyl sites for hydroxylation is 3. The van der Waals surface area contributed by atoms with Crippen LogP contribution in [0.1, 0.15) is 58.1 Å². The van der Waals surface area contributed by atoms with Crippen molar-refractivity contribution in [2.45, 2.75) is 65.6 Å². The number of aromatic amines is 1. The maximum atomic E-state index is 13.2.